The van der Waals surface area contributed by atoms with Gasteiger partial charge in [0.05, 0.1) is 18.1 Å². The van der Waals surface area contributed by atoms with Gasteiger partial charge in [-0.1, -0.05) is 0 Å². The van der Waals surface area contributed by atoms with E-state index < -0.39 is 17.0 Å². The Hall–Kier alpha value is -2.22. The number of carbonyl (C=O) groups is 1. The maximum absolute atomic E-state index is 10.9. The van der Waals surface area contributed by atoms with E-state index in [0.717, 1.165) is 0 Å². The molecule has 1 N–H and O–H groups in total. The van der Waals surface area contributed by atoms with Crippen LogP contribution in [0.15, 0.2) is 18.3 Å². The highest BCUT2D eigenvalue weighted by Crippen LogP contribution is 2.26. The third-order valence-corrected chi connectivity index (χ3v) is 2.60. The largest absolute Gasteiger partial charge is 0.479 e. The van der Waals surface area contributed by atoms with E-state index in [2.05, 4.69) is 4.98 Å². The van der Waals surface area contributed by atoms with Gasteiger partial charge in [0.1, 0.15) is 0 Å². The summed E-state index contributed by atoms with van der Waals surface area (Å²) in [7, 11) is 0. The van der Waals surface area contributed by atoms with E-state index in [1.54, 1.807) is 4.90 Å². The van der Waals surface area contributed by atoms with Gasteiger partial charge in [0.25, 0.3) is 0 Å². The summed E-state index contributed by atoms with van der Waals surface area (Å²) in [5, 5.41) is 19.7. The number of anilines is 1. The standard InChI is InChI=1S/C10H11N3O5/c14-10(15)8-6-12(4-5-18-8)9-7(13(16)17)2-1-3-11-9/h1-3,8H,4-6H2,(H,14,15). The van der Waals surface area contributed by atoms with Crippen molar-refractivity contribution in [2.45, 2.75) is 6.10 Å². The number of aromatic nitrogens is 1. The van der Waals surface area contributed by atoms with Crippen LogP contribution >= 0.6 is 0 Å². The Morgan fingerprint density at radius 3 is 3.11 bits per heavy atom. The number of hydrogen-bond donors (Lipinski definition) is 1. The molecule has 1 unspecified atom stereocenters. The summed E-state index contributed by atoms with van der Waals surface area (Å²) >= 11 is 0. The predicted octanol–water partition coefficient (Wildman–Crippen LogP) is 0.280. The summed E-state index contributed by atoms with van der Waals surface area (Å²) in [6.07, 6.45) is 0.452. The van der Waals surface area contributed by atoms with E-state index in [-0.39, 0.29) is 24.7 Å². The third kappa shape index (κ3) is 2.38. The Morgan fingerprint density at radius 2 is 2.44 bits per heavy atom. The van der Waals surface area contributed by atoms with Gasteiger partial charge in [-0.15, -0.1) is 0 Å². The fraction of sp³-hybridized carbons (Fsp3) is 0.400. The van der Waals surface area contributed by atoms with E-state index in [1.165, 1.54) is 18.3 Å². The van der Waals surface area contributed by atoms with Gasteiger partial charge < -0.3 is 14.7 Å². The number of hydrogen-bond acceptors (Lipinski definition) is 6. The number of ether oxygens (including phenoxy) is 1. The van der Waals surface area contributed by atoms with Crippen LogP contribution in [0.4, 0.5) is 11.5 Å². The van der Waals surface area contributed by atoms with Crippen LogP contribution < -0.4 is 4.90 Å². The highest BCUT2D eigenvalue weighted by molar-refractivity contribution is 5.74. The zero-order valence-electron chi connectivity index (χ0n) is 9.35. The Kier molecular flexibility index (Phi) is 3.38. The lowest BCUT2D eigenvalue weighted by molar-refractivity contribution is -0.384. The number of carboxylic acids is 1. The van der Waals surface area contributed by atoms with Crippen molar-refractivity contribution in [1.29, 1.82) is 0 Å². The number of aliphatic carboxylic acids is 1. The van der Waals surface area contributed by atoms with Gasteiger partial charge in [-0.05, 0) is 6.07 Å². The Balaban J connectivity index is 2.26. The first kappa shape index (κ1) is 12.2. The van der Waals surface area contributed by atoms with Gasteiger partial charge in [-0.2, -0.15) is 0 Å². The number of pyridine rings is 1. The molecule has 8 heteroatoms. The molecule has 1 saturated heterocycles. The molecule has 2 rings (SSSR count). The highest BCUT2D eigenvalue weighted by Gasteiger charge is 2.30. The van der Waals surface area contributed by atoms with Crippen molar-refractivity contribution in [3.8, 4) is 0 Å². The fourth-order valence-electron chi connectivity index (χ4n) is 1.77. The Bertz CT molecular complexity index is 478. The lowest BCUT2D eigenvalue weighted by atomic mass is 10.2. The molecule has 0 bridgehead atoms. The van der Waals surface area contributed by atoms with Crippen LogP contribution in [0.3, 0.4) is 0 Å². The molecule has 96 valence electrons. The molecule has 2 heterocycles. The second kappa shape index (κ2) is 4.96. The summed E-state index contributed by atoms with van der Waals surface area (Å²) in [5.41, 5.74) is -0.136. The molecule has 1 atom stereocenters. The molecule has 8 nitrogen and oxygen atoms in total. The van der Waals surface area contributed by atoms with Crippen molar-refractivity contribution >= 4 is 17.5 Å². The van der Waals surface area contributed by atoms with Gasteiger partial charge in [0.2, 0.25) is 5.82 Å². The number of rotatable bonds is 3. The summed E-state index contributed by atoms with van der Waals surface area (Å²) in [4.78, 5) is 26.7. The van der Waals surface area contributed by atoms with Gasteiger partial charge >= 0.3 is 11.7 Å². The van der Waals surface area contributed by atoms with Crippen molar-refractivity contribution < 1.29 is 19.6 Å². The normalized spacial score (nSPS) is 19.6. The van der Waals surface area contributed by atoms with Crippen molar-refractivity contribution in [3.05, 3.63) is 28.4 Å². The molecule has 0 amide bonds. The number of morpholine rings is 1. The molecule has 1 aliphatic heterocycles. The molecule has 0 radical (unpaired) electrons. The molecule has 1 aromatic rings. The lowest BCUT2D eigenvalue weighted by Gasteiger charge is -2.31. The minimum atomic E-state index is -1.08. The predicted molar refractivity (Wildman–Crippen MR) is 60.5 cm³/mol. The first-order valence-corrected chi connectivity index (χ1v) is 5.28. The lowest BCUT2D eigenvalue weighted by Crippen LogP contribution is -2.46. The first-order chi connectivity index (χ1) is 8.59. The molecule has 0 aliphatic carbocycles. The number of nitrogens with zero attached hydrogens (tertiary/aromatic N) is 3. The number of carboxylic acid groups (broad SMARTS) is 1. The van der Waals surface area contributed by atoms with Crippen LogP contribution in [-0.4, -0.2) is 46.8 Å². The van der Waals surface area contributed by atoms with E-state index >= 15 is 0 Å². The second-order valence-corrected chi connectivity index (χ2v) is 3.75. The highest BCUT2D eigenvalue weighted by atomic mass is 16.6. The van der Waals surface area contributed by atoms with E-state index in [9.17, 15) is 14.9 Å². The molecular weight excluding hydrogens is 242 g/mol. The van der Waals surface area contributed by atoms with Gasteiger partial charge in [0, 0.05) is 18.8 Å². The van der Waals surface area contributed by atoms with Crippen LogP contribution in [0.5, 0.6) is 0 Å². The molecule has 18 heavy (non-hydrogen) atoms. The van der Waals surface area contributed by atoms with Crippen molar-refractivity contribution in [2.75, 3.05) is 24.6 Å². The van der Waals surface area contributed by atoms with Gasteiger partial charge in [-0.3, -0.25) is 10.1 Å². The van der Waals surface area contributed by atoms with Crippen LogP contribution in [0, 0.1) is 10.1 Å². The minimum absolute atomic E-state index is 0.0488. The van der Waals surface area contributed by atoms with Crippen LogP contribution in [0.2, 0.25) is 0 Å². The molecule has 1 fully saturated rings. The van der Waals surface area contributed by atoms with Crippen molar-refractivity contribution in [1.82, 2.24) is 4.98 Å². The summed E-state index contributed by atoms with van der Waals surface area (Å²) in [6, 6.07) is 2.81. The Labute approximate surface area is 102 Å². The second-order valence-electron chi connectivity index (χ2n) is 3.75. The average molecular weight is 253 g/mol. The SMILES string of the molecule is O=C(O)C1CN(c2ncccc2[N+](=O)[O-])CCO1. The summed E-state index contributed by atoms with van der Waals surface area (Å²) < 4.78 is 5.05. The summed E-state index contributed by atoms with van der Waals surface area (Å²) in [5.74, 6) is -0.907. The first-order valence-electron chi connectivity index (χ1n) is 5.28. The van der Waals surface area contributed by atoms with E-state index in [1.807, 2.05) is 0 Å². The van der Waals surface area contributed by atoms with E-state index in [4.69, 9.17) is 9.84 Å². The Morgan fingerprint density at radius 1 is 1.67 bits per heavy atom. The quantitative estimate of drug-likeness (QED) is 0.609. The minimum Gasteiger partial charge on any atom is -0.479 e. The van der Waals surface area contributed by atoms with Crippen LogP contribution in [0.25, 0.3) is 0 Å². The molecule has 1 aromatic heterocycles. The molecule has 0 aromatic carbocycles. The van der Waals surface area contributed by atoms with Crippen LogP contribution in [-0.2, 0) is 9.53 Å². The molecule has 0 spiro atoms. The smallest absolute Gasteiger partial charge is 0.334 e. The van der Waals surface area contributed by atoms with Gasteiger partial charge in [0.15, 0.2) is 6.10 Å². The van der Waals surface area contributed by atoms with Crippen molar-refractivity contribution in [3.63, 3.8) is 0 Å². The fourth-order valence-corrected chi connectivity index (χ4v) is 1.77. The van der Waals surface area contributed by atoms with E-state index in [0.29, 0.717) is 6.54 Å². The monoisotopic (exact) mass is 253 g/mol. The van der Waals surface area contributed by atoms with Gasteiger partial charge in [-0.25, -0.2) is 9.78 Å². The maximum atomic E-state index is 10.9. The zero-order valence-corrected chi connectivity index (χ0v) is 9.35. The summed E-state index contributed by atoms with van der Waals surface area (Å²) in [6.45, 7) is 0.625. The third-order valence-electron chi connectivity index (χ3n) is 2.60. The molecule has 0 saturated carbocycles. The number of nitro groups is 1. The van der Waals surface area contributed by atoms with Crippen molar-refractivity contribution in [2.24, 2.45) is 0 Å². The van der Waals surface area contributed by atoms with Crippen LogP contribution in [0.1, 0.15) is 0 Å². The topological polar surface area (TPSA) is 106 Å². The molecular formula is C10H11N3O5. The zero-order chi connectivity index (χ0) is 13.1. The molecule has 1 aliphatic rings. The average Bonchev–Trinajstić information content (AvgIpc) is 2.39. The maximum Gasteiger partial charge on any atom is 0.334 e.